The number of halogens is 2. The summed E-state index contributed by atoms with van der Waals surface area (Å²) in [5.74, 6) is -0.769. The number of phenolic OH excluding ortho intramolecular Hbond substituents is 1. The van der Waals surface area contributed by atoms with Gasteiger partial charge in [0.1, 0.15) is 5.82 Å². The predicted molar refractivity (Wildman–Crippen MR) is 147 cm³/mol. The van der Waals surface area contributed by atoms with Gasteiger partial charge in [-0.3, -0.25) is 19.5 Å². The van der Waals surface area contributed by atoms with Gasteiger partial charge in [-0.05, 0) is 82.0 Å². The number of nitro benzene ring substituents is 1. The zero-order valence-corrected chi connectivity index (χ0v) is 22.0. The SMILES string of the molecule is O=c1/c(=C/c2cc(I)c(O)c([N+](=O)[O-])c2)sc2n1[C@@H](c1ccc(F)cc1)C1=C(N=2)c2ccccc2CC1. The number of nitrogens with zero attached hydrogens (tertiary/aromatic N) is 3. The molecule has 0 saturated carbocycles. The van der Waals surface area contributed by atoms with Crippen molar-refractivity contribution in [3.05, 3.63) is 128 Å². The number of thiazole rings is 1. The lowest BCUT2D eigenvalue weighted by Crippen LogP contribution is -2.38. The lowest BCUT2D eigenvalue weighted by atomic mass is 9.83. The molecule has 7 nitrogen and oxygen atoms in total. The highest BCUT2D eigenvalue weighted by molar-refractivity contribution is 14.1. The number of fused-ring (bicyclic) bond motifs is 3. The van der Waals surface area contributed by atoms with Crippen molar-refractivity contribution >= 4 is 51.4 Å². The molecule has 3 aromatic carbocycles. The lowest BCUT2D eigenvalue weighted by Gasteiger charge is -2.30. The van der Waals surface area contributed by atoms with E-state index < -0.39 is 22.4 Å². The van der Waals surface area contributed by atoms with Gasteiger partial charge >= 0.3 is 5.69 Å². The number of allylic oxidation sites excluding steroid dienone is 1. The standard InChI is InChI=1S/C27H17FIN3O4S/c28-17-8-5-16(6-9-17)24-19-10-7-15-3-1-2-4-18(15)23(19)30-27-31(24)26(34)22(37-27)13-14-11-20(29)25(33)21(12-14)32(35)36/h1-6,8-9,11-13,24,33H,7,10H2/b22-13-/t24-/m0/s1. The molecule has 10 heteroatoms. The number of rotatable bonds is 3. The average Bonchev–Trinajstić information content (AvgIpc) is 3.19. The van der Waals surface area contributed by atoms with Crippen molar-refractivity contribution in [2.24, 2.45) is 4.99 Å². The van der Waals surface area contributed by atoms with E-state index in [1.54, 1.807) is 28.8 Å². The van der Waals surface area contributed by atoms with E-state index in [1.807, 2.05) is 40.8 Å². The van der Waals surface area contributed by atoms with E-state index in [2.05, 4.69) is 6.07 Å². The van der Waals surface area contributed by atoms with Gasteiger partial charge < -0.3 is 5.11 Å². The van der Waals surface area contributed by atoms with E-state index in [-0.39, 0.29) is 11.4 Å². The van der Waals surface area contributed by atoms with E-state index in [9.17, 15) is 24.4 Å². The summed E-state index contributed by atoms with van der Waals surface area (Å²) >= 11 is 3.02. The summed E-state index contributed by atoms with van der Waals surface area (Å²) in [6.07, 6.45) is 3.10. The maximum Gasteiger partial charge on any atom is 0.312 e. The number of hydrogen-bond acceptors (Lipinski definition) is 6. The summed E-state index contributed by atoms with van der Waals surface area (Å²) in [5.41, 5.74) is 4.54. The molecule has 0 spiro atoms. The zero-order chi connectivity index (χ0) is 25.8. The van der Waals surface area contributed by atoms with Gasteiger partial charge in [0.15, 0.2) is 4.80 Å². The van der Waals surface area contributed by atoms with Crippen LogP contribution in [0, 0.1) is 19.5 Å². The molecule has 2 aliphatic rings. The highest BCUT2D eigenvalue weighted by Crippen LogP contribution is 2.41. The second-order valence-electron chi connectivity index (χ2n) is 8.79. The minimum Gasteiger partial charge on any atom is -0.501 e. The van der Waals surface area contributed by atoms with E-state index in [1.165, 1.54) is 35.1 Å². The van der Waals surface area contributed by atoms with Gasteiger partial charge in [0, 0.05) is 11.6 Å². The molecule has 0 saturated heterocycles. The average molecular weight is 625 g/mol. The smallest absolute Gasteiger partial charge is 0.312 e. The van der Waals surface area contributed by atoms with Crippen LogP contribution in [0.3, 0.4) is 0 Å². The fourth-order valence-electron chi connectivity index (χ4n) is 4.95. The first-order valence-corrected chi connectivity index (χ1v) is 13.3. The van der Waals surface area contributed by atoms with E-state index in [0.29, 0.717) is 24.9 Å². The van der Waals surface area contributed by atoms with Crippen LogP contribution in [0.1, 0.15) is 34.7 Å². The van der Waals surface area contributed by atoms with E-state index in [0.717, 1.165) is 28.8 Å². The monoisotopic (exact) mass is 625 g/mol. The van der Waals surface area contributed by atoms with Crippen molar-refractivity contribution in [2.45, 2.75) is 18.9 Å². The molecule has 184 valence electrons. The van der Waals surface area contributed by atoms with Crippen LogP contribution in [0.4, 0.5) is 10.1 Å². The van der Waals surface area contributed by atoms with Crippen LogP contribution in [-0.2, 0) is 6.42 Å². The van der Waals surface area contributed by atoms with E-state index >= 15 is 0 Å². The van der Waals surface area contributed by atoms with Crippen molar-refractivity contribution in [3.8, 4) is 5.75 Å². The topological polar surface area (TPSA) is 97.7 Å². The predicted octanol–water partition coefficient (Wildman–Crippen LogP) is 4.68. The quantitative estimate of drug-likeness (QED) is 0.203. The van der Waals surface area contributed by atoms with Crippen LogP contribution in [-0.4, -0.2) is 14.6 Å². The summed E-state index contributed by atoms with van der Waals surface area (Å²) < 4.78 is 16.1. The van der Waals surface area contributed by atoms with Crippen molar-refractivity contribution in [1.29, 1.82) is 0 Å². The molecular weight excluding hydrogens is 608 g/mol. The number of hydrogen-bond donors (Lipinski definition) is 1. The minimum atomic E-state index is -0.656. The van der Waals surface area contributed by atoms with E-state index in [4.69, 9.17) is 4.99 Å². The number of aromatic hydroxyl groups is 1. The molecular formula is C27H17FIN3O4S. The summed E-state index contributed by atoms with van der Waals surface area (Å²) in [6.45, 7) is 0. The third kappa shape index (κ3) is 4.00. The van der Waals surface area contributed by atoms with Gasteiger partial charge in [-0.15, -0.1) is 0 Å². The second kappa shape index (κ2) is 9.03. The molecule has 0 unspecified atom stereocenters. The third-order valence-corrected chi connectivity index (χ3v) is 8.42. The highest BCUT2D eigenvalue weighted by Gasteiger charge is 2.32. The third-order valence-electron chi connectivity index (χ3n) is 6.62. The molecule has 1 aliphatic carbocycles. The molecule has 1 aromatic heterocycles. The fourth-order valence-corrected chi connectivity index (χ4v) is 6.58. The van der Waals surface area contributed by atoms with Gasteiger partial charge in [-0.1, -0.05) is 47.7 Å². The van der Waals surface area contributed by atoms with Crippen LogP contribution < -0.4 is 14.9 Å². The number of nitro groups is 1. The van der Waals surface area contributed by atoms with Gasteiger partial charge in [-0.2, -0.15) is 0 Å². The molecule has 0 amide bonds. The van der Waals surface area contributed by atoms with Crippen molar-refractivity contribution < 1.29 is 14.4 Å². The summed E-state index contributed by atoms with van der Waals surface area (Å²) in [5, 5.41) is 21.4. The van der Waals surface area contributed by atoms with Gasteiger partial charge in [-0.25, -0.2) is 9.38 Å². The maximum absolute atomic E-state index is 13.8. The van der Waals surface area contributed by atoms with Crippen LogP contribution in [0.15, 0.2) is 76.0 Å². The Labute approximate surface area is 226 Å². The number of benzene rings is 3. The summed E-state index contributed by atoms with van der Waals surface area (Å²) in [7, 11) is 0. The summed E-state index contributed by atoms with van der Waals surface area (Å²) in [4.78, 5) is 29.9. The van der Waals surface area contributed by atoms with Crippen molar-refractivity contribution in [3.63, 3.8) is 0 Å². The Morgan fingerprint density at radius 2 is 1.92 bits per heavy atom. The summed E-state index contributed by atoms with van der Waals surface area (Å²) in [6, 6.07) is 16.6. The van der Waals surface area contributed by atoms with Crippen LogP contribution in [0.25, 0.3) is 11.8 Å². The number of aryl methyl sites for hydroxylation is 1. The van der Waals surface area contributed by atoms with Gasteiger partial charge in [0.05, 0.1) is 24.8 Å². The molecule has 37 heavy (non-hydrogen) atoms. The Hall–Kier alpha value is -3.64. The Morgan fingerprint density at radius 1 is 1.16 bits per heavy atom. The number of aromatic nitrogens is 1. The van der Waals surface area contributed by atoms with Crippen LogP contribution >= 0.6 is 33.9 Å². The largest absolute Gasteiger partial charge is 0.501 e. The number of phenols is 1. The lowest BCUT2D eigenvalue weighted by molar-refractivity contribution is -0.386. The first kappa shape index (κ1) is 23.7. The maximum atomic E-state index is 13.8. The Morgan fingerprint density at radius 3 is 2.68 bits per heavy atom. The van der Waals surface area contributed by atoms with Crippen molar-refractivity contribution in [1.82, 2.24) is 4.57 Å². The molecule has 6 rings (SSSR count). The second-order valence-corrected chi connectivity index (χ2v) is 11.0. The normalized spacial score (nSPS) is 16.6. The van der Waals surface area contributed by atoms with Crippen molar-refractivity contribution in [2.75, 3.05) is 0 Å². The van der Waals surface area contributed by atoms with Gasteiger partial charge in [0.25, 0.3) is 5.56 Å². The first-order chi connectivity index (χ1) is 17.8. The molecule has 1 atom stereocenters. The molecule has 2 heterocycles. The molecule has 0 fully saturated rings. The molecule has 0 radical (unpaired) electrons. The molecule has 1 aliphatic heterocycles. The van der Waals surface area contributed by atoms with Crippen LogP contribution in [0.5, 0.6) is 5.75 Å². The fraction of sp³-hybridized carbons (Fsp3) is 0.111. The molecule has 4 aromatic rings. The molecule has 1 N–H and O–H groups in total. The Bertz CT molecular complexity index is 1830. The Kier molecular flexibility index (Phi) is 5.80. The molecule has 0 bridgehead atoms. The van der Waals surface area contributed by atoms with Crippen LogP contribution in [0.2, 0.25) is 0 Å². The first-order valence-electron chi connectivity index (χ1n) is 11.4. The zero-order valence-electron chi connectivity index (χ0n) is 19.0. The minimum absolute atomic E-state index is 0.283. The van der Waals surface area contributed by atoms with Gasteiger partial charge in [0.2, 0.25) is 5.75 Å². The Balaban J connectivity index is 1.61. The highest BCUT2D eigenvalue weighted by atomic mass is 127.